The molecule has 5 aliphatic rings. The molecule has 4 fully saturated rings. The summed E-state index contributed by atoms with van der Waals surface area (Å²) in [6.07, 6.45) is 5.01. The van der Waals surface area contributed by atoms with Gasteiger partial charge >= 0.3 is 11.9 Å². The van der Waals surface area contributed by atoms with Crippen molar-refractivity contribution in [1.29, 1.82) is 0 Å². The van der Waals surface area contributed by atoms with E-state index in [-0.39, 0.29) is 41.7 Å². The number of ether oxygens (including phenoxy) is 3. The Labute approximate surface area is 271 Å². The van der Waals surface area contributed by atoms with Crippen LogP contribution in [-0.4, -0.2) is 79.9 Å². The SMILES string of the molecule is CC(=O)O[C@@H]1C[C@@]23COC[C@](C)([C@@H]2CC[C@H]2C3=CC(=O)[C@@]3(C)[C@H](C(=O)O)[C@@](C)([C@H](C)C(C)C)CC[C@]23C)[C@H]1OCC(C)N(C)C. The summed E-state index contributed by atoms with van der Waals surface area (Å²) in [5, 5.41) is 10.9. The van der Waals surface area contributed by atoms with Gasteiger partial charge in [-0.25, -0.2) is 0 Å². The van der Waals surface area contributed by atoms with E-state index in [0.29, 0.717) is 32.2 Å². The van der Waals surface area contributed by atoms with Crippen molar-refractivity contribution >= 4 is 17.7 Å². The molecule has 8 nitrogen and oxygen atoms in total. The number of fused-ring (bicyclic) bond motifs is 3. The highest BCUT2D eigenvalue weighted by molar-refractivity contribution is 6.00. The minimum absolute atomic E-state index is 0.0485. The van der Waals surface area contributed by atoms with E-state index in [9.17, 15) is 19.5 Å². The summed E-state index contributed by atoms with van der Waals surface area (Å²) in [5.74, 6) is -1.34. The molecule has 0 amide bonds. The molecule has 254 valence electrons. The van der Waals surface area contributed by atoms with Crippen LogP contribution in [0.25, 0.3) is 0 Å². The van der Waals surface area contributed by atoms with Crippen LogP contribution in [-0.2, 0) is 28.6 Å². The number of nitrogens with zero attached hydrogens (tertiary/aromatic N) is 1. The van der Waals surface area contributed by atoms with Gasteiger partial charge in [0.15, 0.2) is 5.78 Å². The molecular formula is C37H59NO7. The molecule has 0 radical (unpaired) electrons. The maximum absolute atomic E-state index is 14.8. The lowest BCUT2D eigenvalue weighted by molar-refractivity contribution is -0.267. The van der Waals surface area contributed by atoms with Crippen LogP contribution in [0.15, 0.2) is 11.6 Å². The van der Waals surface area contributed by atoms with Crippen molar-refractivity contribution in [2.24, 2.45) is 56.7 Å². The highest BCUT2D eigenvalue weighted by Crippen LogP contribution is 2.74. The summed E-state index contributed by atoms with van der Waals surface area (Å²) < 4.78 is 19.3. The second-order valence-electron chi connectivity index (χ2n) is 17.1. The Morgan fingerprint density at radius 3 is 2.31 bits per heavy atom. The Kier molecular flexibility index (Phi) is 8.78. The Bertz CT molecular complexity index is 1240. The van der Waals surface area contributed by atoms with Crippen LogP contribution in [0.3, 0.4) is 0 Å². The molecule has 45 heavy (non-hydrogen) atoms. The molecule has 3 saturated carbocycles. The monoisotopic (exact) mass is 629 g/mol. The molecule has 4 aliphatic carbocycles. The predicted molar refractivity (Wildman–Crippen MR) is 172 cm³/mol. The number of carboxylic acids is 1. The van der Waals surface area contributed by atoms with E-state index in [1.807, 2.05) is 27.1 Å². The number of carbonyl (C=O) groups is 3. The van der Waals surface area contributed by atoms with Gasteiger partial charge in [-0.1, -0.05) is 54.0 Å². The van der Waals surface area contributed by atoms with Gasteiger partial charge in [-0.15, -0.1) is 0 Å². The van der Waals surface area contributed by atoms with E-state index in [1.165, 1.54) is 6.92 Å². The van der Waals surface area contributed by atoms with Crippen LogP contribution in [0.5, 0.6) is 0 Å². The van der Waals surface area contributed by atoms with Gasteiger partial charge in [0.1, 0.15) is 12.2 Å². The summed E-state index contributed by atoms with van der Waals surface area (Å²) in [6, 6.07) is 0.187. The molecule has 8 heteroatoms. The fourth-order valence-corrected chi connectivity index (χ4v) is 11.4. The first kappa shape index (κ1) is 34.6. The predicted octanol–water partition coefficient (Wildman–Crippen LogP) is 6.02. The molecule has 5 rings (SSSR count). The molecule has 1 N–H and O–H groups in total. The van der Waals surface area contributed by atoms with Crippen molar-refractivity contribution in [1.82, 2.24) is 4.90 Å². The van der Waals surface area contributed by atoms with Crippen molar-refractivity contribution < 1.29 is 33.7 Å². The van der Waals surface area contributed by atoms with Crippen molar-refractivity contribution in [3.8, 4) is 0 Å². The largest absolute Gasteiger partial charge is 0.481 e. The van der Waals surface area contributed by atoms with Crippen molar-refractivity contribution in [3.63, 3.8) is 0 Å². The van der Waals surface area contributed by atoms with Crippen molar-refractivity contribution in [2.75, 3.05) is 33.9 Å². The van der Waals surface area contributed by atoms with E-state index in [4.69, 9.17) is 14.2 Å². The topological polar surface area (TPSA) is 102 Å². The summed E-state index contributed by atoms with van der Waals surface area (Å²) in [4.78, 5) is 42.8. The molecule has 1 unspecified atom stereocenters. The quantitative estimate of drug-likeness (QED) is 0.325. The fraction of sp³-hybridized carbons (Fsp3) is 0.865. The van der Waals surface area contributed by atoms with Gasteiger partial charge in [0.2, 0.25) is 0 Å². The van der Waals surface area contributed by atoms with Crippen LogP contribution in [0, 0.1) is 56.7 Å². The van der Waals surface area contributed by atoms with Crippen LogP contribution in [0.1, 0.15) is 94.4 Å². The van der Waals surface area contributed by atoms with Gasteiger partial charge in [-0.3, -0.25) is 14.4 Å². The molecule has 2 bridgehead atoms. The highest BCUT2D eigenvalue weighted by Gasteiger charge is 2.74. The third-order valence-electron chi connectivity index (χ3n) is 14.7. The van der Waals surface area contributed by atoms with E-state index in [0.717, 1.165) is 31.3 Å². The van der Waals surface area contributed by atoms with Gasteiger partial charge < -0.3 is 24.2 Å². The standard InChI is InChI=1S/C37H59NO7/c1-21(2)23(4)33(6)14-15-35(8)25-12-13-28-34(7)19-43-20-37(28,26(25)16-29(40)36(35,9)30(33)32(41)42)17-27(45-24(5)39)31(34)44-18-22(3)38(10)11/h16,21-23,25,27-28,30-31H,12-15,17-20H2,1-11H3,(H,41,42)/t22?,23-,25+,27-,28+,30-,31+,33-,34-,35-,36+,37+/m1/s1. The molecule has 0 aromatic heterocycles. The van der Waals surface area contributed by atoms with Crippen LogP contribution >= 0.6 is 0 Å². The second-order valence-corrected chi connectivity index (χ2v) is 17.1. The van der Waals surface area contributed by atoms with Crippen molar-refractivity contribution in [3.05, 3.63) is 11.6 Å². The van der Waals surface area contributed by atoms with E-state index in [1.54, 1.807) is 0 Å². The number of carbonyl (C=O) groups excluding carboxylic acids is 2. The van der Waals surface area contributed by atoms with Gasteiger partial charge in [0, 0.05) is 29.2 Å². The summed E-state index contributed by atoms with van der Waals surface area (Å²) >= 11 is 0. The summed E-state index contributed by atoms with van der Waals surface area (Å²) in [7, 11) is 4.06. The molecule has 1 aliphatic heterocycles. The zero-order valence-corrected chi connectivity index (χ0v) is 29.7. The first-order valence-corrected chi connectivity index (χ1v) is 17.3. The molecular weight excluding hydrogens is 570 g/mol. The number of ketones is 1. The van der Waals surface area contributed by atoms with Gasteiger partial charge in [-0.05, 0) is 93.7 Å². The molecule has 1 heterocycles. The zero-order chi connectivity index (χ0) is 33.5. The number of hydrogen-bond donors (Lipinski definition) is 1. The maximum Gasteiger partial charge on any atom is 0.308 e. The Morgan fingerprint density at radius 2 is 1.73 bits per heavy atom. The van der Waals surface area contributed by atoms with E-state index in [2.05, 4.69) is 53.4 Å². The van der Waals surface area contributed by atoms with Crippen LogP contribution in [0.4, 0.5) is 0 Å². The normalized spacial score (nSPS) is 45.6. The maximum atomic E-state index is 14.8. The third kappa shape index (κ3) is 4.81. The molecule has 0 spiro atoms. The van der Waals surface area contributed by atoms with Gasteiger partial charge in [0.25, 0.3) is 0 Å². The minimum atomic E-state index is -1.04. The second kappa shape index (κ2) is 11.4. The third-order valence-corrected chi connectivity index (χ3v) is 14.7. The molecule has 0 aromatic carbocycles. The number of aliphatic carboxylic acids is 1. The van der Waals surface area contributed by atoms with Crippen LogP contribution in [0.2, 0.25) is 0 Å². The first-order chi connectivity index (χ1) is 20.8. The minimum Gasteiger partial charge on any atom is -0.481 e. The summed E-state index contributed by atoms with van der Waals surface area (Å²) in [6.45, 7) is 20.1. The molecule has 12 atom stereocenters. The number of likely N-dealkylation sites (N-methyl/N-ethyl adjacent to an activating group) is 1. The Balaban J connectivity index is 1.62. The highest BCUT2D eigenvalue weighted by atomic mass is 16.6. The number of carboxylic acid groups (broad SMARTS) is 1. The average molecular weight is 630 g/mol. The smallest absolute Gasteiger partial charge is 0.308 e. The lowest BCUT2D eigenvalue weighted by Gasteiger charge is -2.70. The number of allylic oxidation sites excluding steroid dienone is 1. The number of esters is 1. The van der Waals surface area contributed by atoms with Gasteiger partial charge in [-0.2, -0.15) is 0 Å². The van der Waals surface area contributed by atoms with E-state index < -0.39 is 45.1 Å². The first-order valence-electron chi connectivity index (χ1n) is 17.3. The van der Waals surface area contributed by atoms with Gasteiger partial charge in [0.05, 0.1) is 25.7 Å². The lowest BCUT2D eigenvalue weighted by atomic mass is 9.34. The Hall–Kier alpha value is -1.77. The number of rotatable bonds is 8. The number of hydrogen-bond acceptors (Lipinski definition) is 7. The van der Waals surface area contributed by atoms with E-state index >= 15 is 0 Å². The van der Waals surface area contributed by atoms with Crippen LogP contribution < -0.4 is 0 Å². The lowest BCUT2D eigenvalue weighted by Crippen LogP contribution is -2.71. The van der Waals surface area contributed by atoms with Crippen molar-refractivity contribution in [2.45, 2.75) is 113 Å². The fourth-order valence-electron chi connectivity index (χ4n) is 11.4. The summed E-state index contributed by atoms with van der Waals surface area (Å²) in [5.41, 5.74) is -1.85. The Morgan fingerprint density at radius 1 is 1.07 bits per heavy atom. The molecule has 0 aromatic rings. The molecule has 1 saturated heterocycles. The zero-order valence-electron chi connectivity index (χ0n) is 29.7. The average Bonchev–Trinajstić information content (AvgIpc) is 2.93.